The number of nitrogens with zero attached hydrogens (tertiary/aromatic N) is 2. The molecule has 2 N–H and O–H groups in total. The lowest BCUT2D eigenvalue weighted by Gasteiger charge is -2.37. The second-order valence-corrected chi connectivity index (χ2v) is 7.83. The minimum Gasteiger partial charge on any atom is -0.346 e. The van der Waals surface area contributed by atoms with Crippen molar-refractivity contribution in [2.24, 2.45) is 11.3 Å². The van der Waals surface area contributed by atoms with Crippen molar-refractivity contribution >= 4 is 17.5 Å². The smallest absolute Gasteiger partial charge is 0.257 e. The maximum atomic E-state index is 13.0. The first kappa shape index (κ1) is 17.5. The van der Waals surface area contributed by atoms with Gasteiger partial charge in [-0.1, -0.05) is 29.6 Å². The summed E-state index contributed by atoms with van der Waals surface area (Å²) in [6.45, 7) is 3.59. The van der Waals surface area contributed by atoms with E-state index in [4.69, 9.17) is 16.1 Å². The van der Waals surface area contributed by atoms with Gasteiger partial charge in [0.25, 0.3) is 5.89 Å². The molecule has 6 nitrogen and oxygen atoms in total. The van der Waals surface area contributed by atoms with Gasteiger partial charge in [0.05, 0.1) is 11.5 Å². The third kappa shape index (κ3) is 3.12. The predicted molar refractivity (Wildman–Crippen MR) is 98.6 cm³/mol. The Bertz CT molecular complexity index is 791. The first-order chi connectivity index (χ1) is 12.6. The van der Waals surface area contributed by atoms with E-state index in [9.17, 15) is 4.79 Å². The molecule has 1 unspecified atom stereocenters. The van der Waals surface area contributed by atoms with Crippen LogP contribution in [0.4, 0.5) is 0 Å². The lowest BCUT2D eigenvalue weighted by molar-refractivity contribution is -0.134. The van der Waals surface area contributed by atoms with E-state index in [0.717, 1.165) is 37.9 Å². The maximum Gasteiger partial charge on any atom is 0.257 e. The van der Waals surface area contributed by atoms with Crippen molar-refractivity contribution in [3.05, 3.63) is 35.1 Å². The number of nitrogens with one attached hydrogen (secondary N) is 2. The summed E-state index contributed by atoms with van der Waals surface area (Å²) in [6, 6.07) is 6.92. The van der Waals surface area contributed by atoms with Gasteiger partial charge in [-0.25, -0.2) is 0 Å². The number of benzene rings is 1. The largest absolute Gasteiger partial charge is 0.346 e. The van der Waals surface area contributed by atoms with E-state index in [1.807, 2.05) is 19.1 Å². The molecule has 0 radical (unpaired) electrons. The highest BCUT2D eigenvalue weighted by molar-refractivity contribution is 6.30. The Balaban J connectivity index is 1.47. The van der Waals surface area contributed by atoms with Crippen LogP contribution in [0.3, 0.4) is 0 Å². The minimum absolute atomic E-state index is 0.109. The van der Waals surface area contributed by atoms with E-state index in [2.05, 4.69) is 20.8 Å². The van der Waals surface area contributed by atoms with Crippen LogP contribution in [-0.4, -0.2) is 29.1 Å². The summed E-state index contributed by atoms with van der Waals surface area (Å²) in [5.74, 6) is 1.45. The van der Waals surface area contributed by atoms with Gasteiger partial charge in [-0.3, -0.25) is 4.79 Å². The Morgan fingerprint density at radius 3 is 3.00 bits per heavy atom. The van der Waals surface area contributed by atoms with Crippen molar-refractivity contribution in [2.45, 2.75) is 38.6 Å². The fraction of sp³-hybridized carbons (Fsp3) is 0.526. The summed E-state index contributed by atoms with van der Waals surface area (Å²) < 4.78 is 5.36. The number of hydrogen-bond donors (Lipinski definition) is 2. The van der Waals surface area contributed by atoms with Crippen LogP contribution in [0.1, 0.15) is 44.5 Å². The van der Waals surface area contributed by atoms with Crippen molar-refractivity contribution in [3.63, 3.8) is 0 Å². The summed E-state index contributed by atoms with van der Waals surface area (Å²) >= 11 is 5.91. The van der Waals surface area contributed by atoms with Crippen LogP contribution >= 0.6 is 11.6 Å². The topological polar surface area (TPSA) is 80.0 Å². The number of carbonyl (C=O) groups is 1. The third-order valence-corrected chi connectivity index (χ3v) is 6.01. The molecule has 0 spiro atoms. The van der Waals surface area contributed by atoms with E-state index in [-0.39, 0.29) is 17.4 Å². The second kappa shape index (κ2) is 7.00. The molecule has 2 aliphatic rings. The summed E-state index contributed by atoms with van der Waals surface area (Å²) in [5, 5.41) is 11.2. The lowest BCUT2D eigenvalue weighted by Crippen LogP contribution is -2.48. The van der Waals surface area contributed by atoms with E-state index in [1.54, 1.807) is 12.1 Å². The Hall–Kier alpha value is -1.92. The number of amides is 1. The van der Waals surface area contributed by atoms with Gasteiger partial charge in [-0.2, -0.15) is 4.98 Å². The fourth-order valence-corrected chi connectivity index (χ4v) is 4.34. The molecule has 2 fully saturated rings. The number of aromatic nitrogens is 2. The quantitative estimate of drug-likeness (QED) is 0.857. The molecule has 3 atom stereocenters. The summed E-state index contributed by atoms with van der Waals surface area (Å²) in [6.07, 6.45) is 4.40. The standard InChI is InChI=1S/C19H23ClN4O2/c1-12(16-23-17(26-24-16)13-5-7-15(20)8-6-13)22-18(25)19-9-3-2-4-14(19)10-21-11-19/h5-8,12,14,21H,2-4,9-11H2,1H3,(H,22,25)/t12?,14-,19+/m0/s1. The third-order valence-electron chi connectivity index (χ3n) is 5.76. The van der Waals surface area contributed by atoms with Crippen molar-refractivity contribution in [2.75, 3.05) is 13.1 Å². The fourth-order valence-electron chi connectivity index (χ4n) is 4.22. The molecule has 26 heavy (non-hydrogen) atoms. The average molecular weight is 375 g/mol. The number of halogens is 1. The molecule has 1 amide bonds. The number of carbonyl (C=O) groups excluding carboxylic acids is 1. The molecular weight excluding hydrogens is 352 g/mol. The molecule has 1 aliphatic carbocycles. The van der Waals surface area contributed by atoms with E-state index >= 15 is 0 Å². The first-order valence-corrected chi connectivity index (χ1v) is 9.57. The van der Waals surface area contributed by atoms with Crippen LogP contribution in [0, 0.1) is 11.3 Å². The van der Waals surface area contributed by atoms with E-state index in [0.29, 0.717) is 22.7 Å². The van der Waals surface area contributed by atoms with Gasteiger partial charge >= 0.3 is 0 Å². The van der Waals surface area contributed by atoms with Crippen molar-refractivity contribution in [1.82, 2.24) is 20.8 Å². The monoisotopic (exact) mass is 374 g/mol. The van der Waals surface area contributed by atoms with Gasteiger partial charge in [-0.15, -0.1) is 0 Å². The van der Waals surface area contributed by atoms with Gasteiger partial charge in [0.15, 0.2) is 5.82 Å². The van der Waals surface area contributed by atoms with Gasteiger partial charge in [0, 0.05) is 17.1 Å². The highest BCUT2D eigenvalue weighted by Crippen LogP contribution is 2.44. The van der Waals surface area contributed by atoms with Crippen LogP contribution in [0.5, 0.6) is 0 Å². The van der Waals surface area contributed by atoms with Crippen LogP contribution in [0.2, 0.25) is 5.02 Å². The lowest BCUT2D eigenvalue weighted by atomic mass is 9.67. The van der Waals surface area contributed by atoms with Gasteiger partial charge < -0.3 is 15.2 Å². The molecule has 2 heterocycles. The van der Waals surface area contributed by atoms with E-state index < -0.39 is 0 Å². The van der Waals surface area contributed by atoms with Crippen molar-refractivity contribution in [1.29, 1.82) is 0 Å². The van der Waals surface area contributed by atoms with E-state index in [1.165, 1.54) is 6.42 Å². The summed E-state index contributed by atoms with van der Waals surface area (Å²) in [4.78, 5) is 17.5. The molecule has 1 aromatic carbocycles. The zero-order chi connectivity index (χ0) is 18.1. The zero-order valence-corrected chi connectivity index (χ0v) is 15.6. The van der Waals surface area contributed by atoms with Crippen molar-refractivity contribution in [3.8, 4) is 11.5 Å². The molecular formula is C19H23ClN4O2. The molecule has 0 bridgehead atoms. The molecule has 2 aromatic rings. The molecule has 138 valence electrons. The van der Waals surface area contributed by atoms with Crippen molar-refractivity contribution < 1.29 is 9.32 Å². The van der Waals surface area contributed by atoms with Gasteiger partial charge in [-0.05, 0) is 56.5 Å². The highest BCUT2D eigenvalue weighted by atomic mass is 35.5. The summed E-state index contributed by atoms with van der Waals surface area (Å²) in [7, 11) is 0. The molecule has 1 saturated carbocycles. The number of fused-ring (bicyclic) bond motifs is 1. The highest BCUT2D eigenvalue weighted by Gasteiger charge is 2.50. The predicted octanol–water partition coefficient (Wildman–Crippen LogP) is 3.35. The normalized spacial score (nSPS) is 26.3. The summed E-state index contributed by atoms with van der Waals surface area (Å²) in [5.41, 5.74) is 0.521. The Morgan fingerprint density at radius 2 is 2.19 bits per heavy atom. The van der Waals surface area contributed by atoms with Crippen LogP contribution in [0.25, 0.3) is 11.5 Å². The first-order valence-electron chi connectivity index (χ1n) is 9.20. The SMILES string of the molecule is CC(NC(=O)[C@@]12CCCC[C@H]1CNC2)c1noc(-c2ccc(Cl)cc2)n1. The second-order valence-electron chi connectivity index (χ2n) is 7.39. The number of hydrogen-bond acceptors (Lipinski definition) is 5. The zero-order valence-electron chi connectivity index (χ0n) is 14.8. The Morgan fingerprint density at radius 1 is 1.38 bits per heavy atom. The Kier molecular flexibility index (Phi) is 4.71. The maximum absolute atomic E-state index is 13.0. The van der Waals surface area contributed by atoms with Crippen LogP contribution in [0.15, 0.2) is 28.8 Å². The Labute approximate surface area is 157 Å². The minimum atomic E-state index is -0.301. The molecule has 1 aliphatic heterocycles. The average Bonchev–Trinajstić information content (AvgIpc) is 3.30. The van der Waals surface area contributed by atoms with Crippen LogP contribution in [-0.2, 0) is 4.79 Å². The number of rotatable bonds is 4. The molecule has 1 aromatic heterocycles. The molecule has 4 rings (SSSR count). The molecule has 7 heteroatoms. The van der Waals surface area contributed by atoms with Gasteiger partial charge in [0.2, 0.25) is 5.91 Å². The van der Waals surface area contributed by atoms with Gasteiger partial charge in [0.1, 0.15) is 0 Å². The molecule has 1 saturated heterocycles. The van der Waals surface area contributed by atoms with Crippen LogP contribution < -0.4 is 10.6 Å².